The van der Waals surface area contributed by atoms with Gasteiger partial charge >= 0.3 is 0 Å². The number of sulfone groups is 1. The predicted molar refractivity (Wildman–Crippen MR) is 149 cm³/mol. The fourth-order valence-corrected chi connectivity index (χ4v) is 7.62. The van der Waals surface area contributed by atoms with Crippen molar-refractivity contribution in [2.24, 2.45) is 0 Å². The Hall–Kier alpha value is -3.64. The lowest BCUT2D eigenvalue weighted by molar-refractivity contribution is -0.132. The van der Waals surface area contributed by atoms with Crippen molar-refractivity contribution < 1.29 is 26.4 Å². The Balaban J connectivity index is 1.83. The van der Waals surface area contributed by atoms with Crippen LogP contribution < -0.4 is 15.2 Å². The third-order valence-electron chi connectivity index (χ3n) is 7.66. The minimum absolute atomic E-state index is 0.0622. The number of likely N-dealkylation sites (N-methyl/N-ethyl adjacent to an activating group) is 1. The molecule has 1 aromatic carbocycles. The standard InChI is InChI=1S/C27H29N3O7S2/c1-16-9-7-8-11-27(16,4)39(35,36)30-12-10-18-20(15-28-24(31)22(18)30)19-13-17(38(6,33)34)14-21-23(19)37-26(2,3)25(32)29(21)5/h7-10,12-15H,11H2,1-6H3,(H,28,31). The van der Waals surface area contributed by atoms with Gasteiger partial charge in [-0.05, 0) is 52.3 Å². The van der Waals surface area contributed by atoms with Gasteiger partial charge in [0.25, 0.3) is 11.5 Å². The molecule has 5 rings (SSSR count). The van der Waals surface area contributed by atoms with Crippen LogP contribution in [0.3, 0.4) is 0 Å². The minimum atomic E-state index is -4.10. The first-order chi connectivity index (χ1) is 18.0. The van der Waals surface area contributed by atoms with Gasteiger partial charge in [-0.2, -0.15) is 0 Å². The molecule has 39 heavy (non-hydrogen) atoms. The zero-order valence-electron chi connectivity index (χ0n) is 22.4. The zero-order valence-corrected chi connectivity index (χ0v) is 24.0. The first-order valence-corrected chi connectivity index (χ1v) is 15.5. The summed E-state index contributed by atoms with van der Waals surface area (Å²) in [6.45, 7) is 6.56. The minimum Gasteiger partial charge on any atom is -0.475 e. The number of nitrogens with one attached hydrogen (secondary N) is 1. The number of benzene rings is 1. The maximum atomic E-state index is 14.0. The fourth-order valence-electron chi connectivity index (χ4n) is 5.10. The summed E-state index contributed by atoms with van der Waals surface area (Å²) in [5.41, 5.74) is -0.468. The van der Waals surface area contributed by atoms with Gasteiger partial charge in [-0.15, -0.1) is 0 Å². The van der Waals surface area contributed by atoms with E-state index in [0.717, 1.165) is 10.2 Å². The molecule has 2 aromatic heterocycles. The Morgan fingerprint density at radius 2 is 1.74 bits per heavy atom. The van der Waals surface area contributed by atoms with Crippen molar-refractivity contribution in [3.63, 3.8) is 0 Å². The number of hydrogen-bond acceptors (Lipinski definition) is 7. The van der Waals surface area contributed by atoms with Crippen molar-refractivity contribution in [3.8, 4) is 16.9 Å². The van der Waals surface area contributed by atoms with Gasteiger partial charge in [0.1, 0.15) is 10.3 Å². The molecule has 1 aliphatic carbocycles. The average Bonchev–Trinajstić information content (AvgIpc) is 3.31. The monoisotopic (exact) mass is 571 g/mol. The molecule has 2 aliphatic rings. The van der Waals surface area contributed by atoms with Crippen molar-refractivity contribution >= 4 is 42.4 Å². The van der Waals surface area contributed by atoms with Crippen molar-refractivity contribution in [2.75, 3.05) is 18.2 Å². The van der Waals surface area contributed by atoms with Gasteiger partial charge in [0.15, 0.2) is 21.2 Å². The molecule has 0 fully saturated rings. The highest BCUT2D eigenvalue weighted by atomic mass is 32.2. The number of fused-ring (bicyclic) bond motifs is 2. The van der Waals surface area contributed by atoms with Crippen molar-refractivity contribution in [2.45, 2.75) is 49.4 Å². The molecule has 3 aromatic rings. The van der Waals surface area contributed by atoms with Gasteiger partial charge in [0, 0.05) is 42.2 Å². The number of allylic oxidation sites excluding steroid dienone is 3. The molecule has 0 saturated carbocycles. The van der Waals surface area contributed by atoms with Crippen LogP contribution in [0.4, 0.5) is 5.69 Å². The summed E-state index contributed by atoms with van der Waals surface area (Å²) < 4.78 is 59.0. The maximum Gasteiger partial charge on any atom is 0.273 e. The molecule has 0 radical (unpaired) electrons. The topological polar surface area (TPSA) is 136 Å². The van der Waals surface area contributed by atoms with Crippen LogP contribution in [-0.2, 0) is 24.7 Å². The van der Waals surface area contributed by atoms with Gasteiger partial charge in [-0.25, -0.2) is 20.8 Å². The number of H-pyrrole nitrogens is 1. The lowest BCUT2D eigenvalue weighted by Gasteiger charge is -2.38. The molecule has 3 heterocycles. The SMILES string of the molecule is CC1=CC=CCC1(C)S(=O)(=O)n1ccc2c(-c3cc(S(C)(=O)=O)cc4c3OC(C)(C)C(=O)N4C)c[nH]c(=O)c21. The number of nitrogens with zero attached hydrogens (tertiary/aromatic N) is 2. The average molecular weight is 572 g/mol. The van der Waals surface area contributed by atoms with Crippen LogP contribution in [0.25, 0.3) is 22.0 Å². The smallest absolute Gasteiger partial charge is 0.273 e. The zero-order chi connectivity index (χ0) is 28.7. The number of pyridine rings is 1. The lowest BCUT2D eigenvalue weighted by Crippen LogP contribution is -2.51. The van der Waals surface area contributed by atoms with Crippen LogP contribution in [0.15, 0.2) is 64.1 Å². The summed E-state index contributed by atoms with van der Waals surface area (Å²) in [7, 11) is -6.30. The molecule has 206 valence electrons. The lowest BCUT2D eigenvalue weighted by atomic mass is 9.94. The number of aromatic nitrogens is 2. The number of amides is 1. The van der Waals surface area contributed by atoms with Gasteiger partial charge in [0.05, 0.1) is 10.6 Å². The van der Waals surface area contributed by atoms with E-state index in [0.29, 0.717) is 16.7 Å². The van der Waals surface area contributed by atoms with Gasteiger partial charge in [-0.1, -0.05) is 23.8 Å². The Bertz CT molecular complexity index is 1910. The quantitative estimate of drug-likeness (QED) is 0.507. The number of hydrogen-bond donors (Lipinski definition) is 1. The second kappa shape index (κ2) is 8.43. The third kappa shape index (κ3) is 3.88. The summed E-state index contributed by atoms with van der Waals surface area (Å²) in [6, 6.07) is 4.29. The second-order valence-electron chi connectivity index (χ2n) is 10.7. The van der Waals surface area contributed by atoms with Crippen LogP contribution in [0.2, 0.25) is 0 Å². The van der Waals surface area contributed by atoms with E-state index in [4.69, 9.17) is 4.74 Å². The molecule has 1 amide bonds. The largest absolute Gasteiger partial charge is 0.475 e. The van der Waals surface area contributed by atoms with E-state index < -0.39 is 35.8 Å². The second-order valence-corrected chi connectivity index (χ2v) is 15.0. The van der Waals surface area contributed by atoms with Crippen molar-refractivity contribution in [1.82, 2.24) is 8.96 Å². The summed E-state index contributed by atoms with van der Waals surface area (Å²) >= 11 is 0. The molecule has 0 bridgehead atoms. The molecule has 12 heteroatoms. The number of ether oxygens (including phenoxy) is 1. The first kappa shape index (κ1) is 26.9. The number of aromatic amines is 1. The van der Waals surface area contributed by atoms with Gasteiger partial charge < -0.3 is 14.6 Å². The molecule has 1 N–H and O–H groups in total. The van der Waals surface area contributed by atoms with Crippen molar-refractivity contribution in [3.05, 3.63) is 64.7 Å². The highest BCUT2D eigenvalue weighted by Crippen LogP contribution is 2.47. The van der Waals surface area contributed by atoms with E-state index >= 15 is 0 Å². The molecule has 1 aliphatic heterocycles. The number of anilines is 1. The number of carbonyl (C=O) groups is 1. The van der Waals surface area contributed by atoms with E-state index in [1.807, 2.05) is 0 Å². The predicted octanol–water partition coefficient (Wildman–Crippen LogP) is 3.38. The number of rotatable bonds is 4. The Morgan fingerprint density at radius 1 is 1.05 bits per heavy atom. The molecule has 10 nitrogen and oxygen atoms in total. The van der Waals surface area contributed by atoms with E-state index in [9.17, 15) is 26.4 Å². The molecule has 1 unspecified atom stereocenters. The summed E-state index contributed by atoms with van der Waals surface area (Å²) in [5, 5.41) is 0.285. The Kier molecular flexibility index (Phi) is 5.82. The molecular weight excluding hydrogens is 542 g/mol. The van der Waals surface area contributed by atoms with Crippen LogP contribution in [0.5, 0.6) is 5.75 Å². The molecule has 0 spiro atoms. The van der Waals surface area contributed by atoms with Crippen LogP contribution >= 0.6 is 0 Å². The normalized spacial score (nSPS) is 21.0. The third-order valence-corrected chi connectivity index (χ3v) is 11.2. The molecule has 1 atom stereocenters. The highest BCUT2D eigenvalue weighted by Gasteiger charge is 2.44. The van der Waals surface area contributed by atoms with Gasteiger partial charge in [0.2, 0.25) is 10.0 Å². The van der Waals surface area contributed by atoms with Crippen molar-refractivity contribution in [1.29, 1.82) is 0 Å². The van der Waals surface area contributed by atoms with E-state index in [1.54, 1.807) is 45.9 Å². The first-order valence-electron chi connectivity index (χ1n) is 12.2. The summed E-state index contributed by atoms with van der Waals surface area (Å²) in [6.07, 6.45) is 9.33. The van der Waals surface area contributed by atoms with Crippen LogP contribution in [0, 0.1) is 0 Å². The maximum absolute atomic E-state index is 14.0. The molecular formula is C27H29N3O7S2. The molecule has 0 saturated heterocycles. The van der Waals surface area contributed by atoms with Crippen LogP contribution in [-0.4, -0.2) is 55.4 Å². The Morgan fingerprint density at radius 3 is 2.38 bits per heavy atom. The summed E-state index contributed by atoms with van der Waals surface area (Å²) in [5.74, 6) is -0.129. The van der Waals surface area contributed by atoms with Crippen LogP contribution in [0.1, 0.15) is 34.1 Å². The Labute approximate surface area is 226 Å². The van der Waals surface area contributed by atoms with Gasteiger partial charge in [-0.3, -0.25) is 9.59 Å². The van der Waals surface area contributed by atoms with E-state index in [1.165, 1.54) is 42.5 Å². The highest BCUT2D eigenvalue weighted by molar-refractivity contribution is 7.91. The van der Waals surface area contributed by atoms with E-state index in [-0.39, 0.29) is 39.6 Å². The van der Waals surface area contributed by atoms with E-state index in [2.05, 4.69) is 4.98 Å². The number of carbonyl (C=O) groups excluding carboxylic acids is 1. The fraction of sp³-hybridized carbons (Fsp3) is 0.333. The summed E-state index contributed by atoms with van der Waals surface area (Å²) in [4.78, 5) is 29.9.